The summed E-state index contributed by atoms with van der Waals surface area (Å²) in [6, 6.07) is 5.85. The minimum Gasteiger partial charge on any atom is -0.482 e. The van der Waals surface area contributed by atoms with Gasteiger partial charge in [0.15, 0.2) is 6.61 Å². The number of benzene rings is 1. The predicted molar refractivity (Wildman–Crippen MR) is 77.7 cm³/mol. The van der Waals surface area contributed by atoms with E-state index < -0.39 is 0 Å². The fourth-order valence-corrected chi connectivity index (χ4v) is 2.21. The molecule has 0 aliphatic carbocycles. The minimum atomic E-state index is -0.179. The van der Waals surface area contributed by atoms with E-state index in [1.165, 1.54) is 0 Å². The zero-order valence-electron chi connectivity index (χ0n) is 11.6. The van der Waals surface area contributed by atoms with Crippen molar-refractivity contribution in [2.75, 3.05) is 29.1 Å². The second kappa shape index (κ2) is 5.70. The molecule has 2 rings (SSSR count). The van der Waals surface area contributed by atoms with Gasteiger partial charge in [-0.1, -0.05) is 0 Å². The molecule has 3 N–H and O–H groups in total. The molecule has 0 aromatic heterocycles. The summed E-state index contributed by atoms with van der Waals surface area (Å²) >= 11 is 0. The van der Waals surface area contributed by atoms with E-state index in [4.69, 9.17) is 15.7 Å². The lowest BCUT2D eigenvalue weighted by atomic mass is 10.1. The maximum Gasteiger partial charge on any atom is 0.262 e. The van der Waals surface area contributed by atoms with Gasteiger partial charge in [-0.05, 0) is 19.9 Å². The molecule has 1 aromatic carbocycles. The highest BCUT2D eigenvalue weighted by molar-refractivity contribution is 5.97. The summed E-state index contributed by atoms with van der Waals surface area (Å²) in [5, 5.41) is 11.5. The normalized spacial score (nSPS) is 13.2. The molecule has 6 nitrogen and oxygen atoms in total. The lowest BCUT2D eigenvalue weighted by Crippen LogP contribution is -2.33. The van der Waals surface area contributed by atoms with Crippen LogP contribution >= 0.6 is 0 Å². The van der Waals surface area contributed by atoms with Crippen molar-refractivity contribution < 1.29 is 9.53 Å². The van der Waals surface area contributed by atoms with Crippen molar-refractivity contribution in [2.24, 2.45) is 0 Å². The molecule has 106 valence electrons. The zero-order valence-corrected chi connectivity index (χ0v) is 11.6. The van der Waals surface area contributed by atoms with Gasteiger partial charge in [-0.3, -0.25) is 4.79 Å². The number of anilines is 3. The molecule has 0 spiro atoms. The summed E-state index contributed by atoms with van der Waals surface area (Å²) in [4.78, 5) is 13.4. The van der Waals surface area contributed by atoms with Crippen LogP contribution in [0.25, 0.3) is 0 Å². The number of nitriles is 1. The van der Waals surface area contributed by atoms with Crippen LogP contribution in [0, 0.1) is 11.3 Å². The molecule has 0 saturated carbocycles. The Morgan fingerprint density at radius 1 is 1.55 bits per heavy atom. The van der Waals surface area contributed by atoms with Crippen LogP contribution in [0.1, 0.15) is 20.3 Å². The summed E-state index contributed by atoms with van der Waals surface area (Å²) in [6.45, 7) is 4.66. The third-order valence-corrected chi connectivity index (χ3v) is 3.16. The van der Waals surface area contributed by atoms with Crippen LogP contribution in [0.15, 0.2) is 12.1 Å². The molecule has 0 fully saturated rings. The van der Waals surface area contributed by atoms with Gasteiger partial charge in [0.05, 0.1) is 29.6 Å². The number of fused-ring (bicyclic) bond motifs is 1. The van der Waals surface area contributed by atoms with Crippen molar-refractivity contribution in [3.05, 3.63) is 12.1 Å². The maximum atomic E-state index is 11.4. The Kier molecular flexibility index (Phi) is 3.99. The number of nitrogens with zero attached hydrogens (tertiary/aromatic N) is 2. The smallest absolute Gasteiger partial charge is 0.262 e. The number of nitrogens with two attached hydrogens (primary N) is 1. The van der Waals surface area contributed by atoms with Gasteiger partial charge < -0.3 is 20.7 Å². The topological polar surface area (TPSA) is 91.4 Å². The van der Waals surface area contributed by atoms with Gasteiger partial charge in [0, 0.05) is 18.7 Å². The summed E-state index contributed by atoms with van der Waals surface area (Å²) in [5.41, 5.74) is 8.07. The molecule has 1 aliphatic heterocycles. The second-order valence-electron chi connectivity index (χ2n) is 4.94. The Bertz CT molecular complexity index is 563. The van der Waals surface area contributed by atoms with E-state index >= 15 is 0 Å². The highest BCUT2D eigenvalue weighted by Crippen LogP contribution is 2.37. The fourth-order valence-electron chi connectivity index (χ4n) is 2.21. The molecule has 0 atom stereocenters. The quantitative estimate of drug-likeness (QED) is 0.816. The molecule has 1 amide bonds. The zero-order chi connectivity index (χ0) is 14.7. The first-order valence-electron chi connectivity index (χ1n) is 6.52. The van der Waals surface area contributed by atoms with E-state index in [9.17, 15) is 4.79 Å². The first-order valence-corrected chi connectivity index (χ1v) is 6.52. The Balaban J connectivity index is 2.37. The van der Waals surface area contributed by atoms with Crippen LogP contribution in [0.3, 0.4) is 0 Å². The average Bonchev–Trinajstić information content (AvgIpc) is 2.39. The third-order valence-electron chi connectivity index (χ3n) is 3.16. The van der Waals surface area contributed by atoms with Crippen molar-refractivity contribution in [2.45, 2.75) is 26.3 Å². The van der Waals surface area contributed by atoms with E-state index in [-0.39, 0.29) is 18.6 Å². The fraction of sp³-hybridized carbons (Fsp3) is 0.429. The molecule has 6 heteroatoms. The largest absolute Gasteiger partial charge is 0.482 e. The number of nitrogens with one attached hydrogen (secondary N) is 1. The van der Waals surface area contributed by atoms with Crippen molar-refractivity contribution in [3.8, 4) is 11.8 Å². The SMILES string of the molecule is CC(C)N(CCC#N)c1cc2c(cc1N)OCC(=O)N2. The van der Waals surface area contributed by atoms with Crippen LogP contribution in [0.5, 0.6) is 5.75 Å². The van der Waals surface area contributed by atoms with Crippen LogP contribution in [-0.2, 0) is 4.79 Å². The molecule has 1 heterocycles. The standard InChI is InChI=1S/C14H18N4O2/c1-9(2)18(5-3-4-15)12-7-11-13(6-10(12)16)20-8-14(19)17-11/h6-7,9H,3,5,8,16H2,1-2H3,(H,17,19). The minimum absolute atomic E-state index is 0.00805. The first-order chi connectivity index (χ1) is 9.52. The molecule has 1 aromatic rings. The van der Waals surface area contributed by atoms with Gasteiger partial charge in [0.25, 0.3) is 5.91 Å². The van der Waals surface area contributed by atoms with Gasteiger partial charge in [-0.2, -0.15) is 5.26 Å². The lowest BCUT2D eigenvalue weighted by molar-refractivity contribution is -0.118. The Morgan fingerprint density at radius 3 is 2.95 bits per heavy atom. The van der Waals surface area contributed by atoms with Crippen molar-refractivity contribution in [1.82, 2.24) is 0 Å². The second-order valence-corrected chi connectivity index (χ2v) is 4.94. The number of ether oxygens (including phenoxy) is 1. The van der Waals surface area contributed by atoms with Gasteiger partial charge in [0.1, 0.15) is 5.75 Å². The maximum absolute atomic E-state index is 11.4. The highest BCUT2D eigenvalue weighted by atomic mass is 16.5. The molecule has 0 unspecified atom stereocenters. The molecule has 1 aliphatic rings. The van der Waals surface area contributed by atoms with Crippen molar-refractivity contribution >= 4 is 23.0 Å². The van der Waals surface area contributed by atoms with E-state index in [2.05, 4.69) is 11.4 Å². The van der Waals surface area contributed by atoms with Gasteiger partial charge in [-0.15, -0.1) is 0 Å². The predicted octanol–water partition coefficient (Wildman–Crippen LogP) is 1.73. The van der Waals surface area contributed by atoms with Crippen LogP contribution in [0.4, 0.5) is 17.1 Å². The van der Waals surface area contributed by atoms with E-state index in [0.29, 0.717) is 30.1 Å². The number of hydrogen-bond donors (Lipinski definition) is 2. The van der Waals surface area contributed by atoms with E-state index in [0.717, 1.165) is 5.69 Å². The molecule has 0 bridgehead atoms. The van der Waals surface area contributed by atoms with E-state index in [1.54, 1.807) is 12.1 Å². The van der Waals surface area contributed by atoms with Gasteiger partial charge in [0.2, 0.25) is 0 Å². The van der Waals surface area contributed by atoms with Crippen LogP contribution in [0.2, 0.25) is 0 Å². The molecular formula is C14H18N4O2. The Hall–Kier alpha value is -2.42. The van der Waals surface area contributed by atoms with Crippen molar-refractivity contribution in [3.63, 3.8) is 0 Å². The number of rotatable bonds is 4. The van der Waals surface area contributed by atoms with Crippen LogP contribution < -0.4 is 20.7 Å². The first kappa shape index (κ1) is 14.0. The van der Waals surface area contributed by atoms with E-state index in [1.807, 2.05) is 18.7 Å². The molecule has 0 radical (unpaired) electrons. The summed E-state index contributed by atoms with van der Waals surface area (Å²) in [5.74, 6) is 0.399. The summed E-state index contributed by atoms with van der Waals surface area (Å²) in [7, 11) is 0. The third kappa shape index (κ3) is 2.77. The summed E-state index contributed by atoms with van der Waals surface area (Å²) < 4.78 is 5.33. The average molecular weight is 274 g/mol. The number of hydrogen-bond acceptors (Lipinski definition) is 5. The Labute approximate surface area is 118 Å². The monoisotopic (exact) mass is 274 g/mol. The number of carbonyl (C=O) groups is 1. The lowest BCUT2D eigenvalue weighted by Gasteiger charge is -2.31. The van der Waals surface area contributed by atoms with Crippen LogP contribution in [-0.4, -0.2) is 25.1 Å². The number of carbonyl (C=O) groups excluding carboxylic acids is 1. The molecular weight excluding hydrogens is 256 g/mol. The highest BCUT2D eigenvalue weighted by Gasteiger charge is 2.21. The van der Waals surface area contributed by atoms with Gasteiger partial charge >= 0.3 is 0 Å². The molecule has 0 saturated heterocycles. The van der Waals surface area contributed by atoms with Crippen molar-refractivity contribution in [1.29, 1.82) is 5.26 Å². The van der Waals surface area contributed by atoms with Gasteiger partial charge in [-0.25, -0.2) is 0 Å². The Morgan fingerprint density at radius 2 is 2.30 bits per heavy atom. The number of nitrogen functional groups attached to an aromatic ring is 1. The summed E-state index contributed by atoms with van der Waals surface area (Å²) in [6.07, 6.45) is 0.414. The molecule has 20 heavy (non-hydrogen) atoms. The number of amides is 1.